The summed E-state index contributed by atoms with van der Waals surface area (Å²) in [6.45, 7) is 16.0. The molecule has 0 bridgehead atoms. The van der Waals surface area contributed by atoms with Crippen LogP contribution in [0.15, 0.2) is 24.3 Å². The summed E-state index contributed by atoms with van der Waals surface area (Å²) >= 11 is 0. The summed E-state index contributed by atoms with van der Waals surface area (Å²) in [6, 6.07) is 0. The van der Waals surface area contributed by atoms with E-state index in [0.29, 0.717) is 6.42 Å². The van der Waals surface area contributed by atoms with E-state index in [-0.39, 0.29) is 52.6 Å². The van der Waals surface area contributed by atoms with Crippen molar-refractivity contribution in [1.82, 2.24) is 4.90 Å². The molecule has 0 aliphatic carbocycles. The first kappa shape index (κ1) is 38.8. The smallest absolute Gasteiger partial charge is 0.253 e. The van der Waals surface area contributed by atoms with E-state index < -0.39 is 5.60 Å². The van der Waals surface area contributed by atoms with Gasteiger partial charge in [-0.25, -0.2) is 0 Å². The molecule has 3 N–H and O–H groups in total. The number of aliphatic hydroxyl groups is 2. The molecule has 1 aliphatic rings. The van der Waals surface area contributed by atoms with Crippen molar-refractivity contribution in [2.24, 2.45) is 0 Å². The summed E-state index contributed by atoms with van der Waals surface area (Å²) < 4.78 is 0. The average molecular weight is 585 g/mol. The monoisotopic (exact) mass is 585 g/mol. The summed E-state index contributed by atoms with van der Waals surface area (Å²) in [5.41, 5.74) is 6.22. The summed E-state index contributed by atoms with van der Waals surface area (Å²) in [5, 5.41) is 17.8. The third-order valence-corrected chi connectivity index (χ3v) is 2.86. The number of allylic oxidation sites excluding steroid dienone is 2. The van der Waals surface area contributed by atoms with Crippen LogP contribution in [0.3, 0.4) is 0 Å². The fourth-order valence-electron chi connectivity index (χ4n) is 1.52. The molecule has 6 nitrogen and oxygen atoms in total. The number of carbonyl (C=O) groups excluding carboxylic acids is 2. The quantitative estimate of drug-likeness (QED) is 0.328. The molecule has 1 heterocycles. The van der Waals surface area contributed by atoms with Gasteiger partial charge in [-0.2, -0.15) is 0 Å². The molecule has 1 aliphatic heterocycles. The van der Waals surface area contributed by atoms with Crippen LogP contribution in [0.25, 0.3) is 5.73 Å². The Balaban J connectivity index is -0.0000000986. The molecule has 0 saturated carbocycles. The summed E-state index contributed by atoms with van der Waals surface area (Å²) in [5.74, 6) is -0.696. The molecule has 0 saturated heterocycles. The molecular weight excluding hydrogens is 540 g/mol. The predicted octanol–water partition coefficient (Wildman–Crippen LogP) is 4.91. The zero-order chi connectivity index (χ0) is 23.0. The van der Waals surface area contributed by atoms with Gasteiger partial charge in [0.2, 0.25) is 0 Å². The Morgan fingerprint density at radius 3 is 1.76 bits per heavy atom. The minimum atomic E-state index is -0.794. The van der Waals surface area contributed by atoms with Crippen LogP contribution >= 0.6 is 0 Å². The van der Waals surface area contributed by atoms with Crippen LogP contribution in [0.5, 0.6) is 0 Å². The maximum atomic E-state index is 10.7. The second kappa shape index (κ2) is 29.4. The molecule has 1 unspecified atom stereocenters. The zero-order valence-electron chi connectivity index (χ0n) is 19.8. The fourth-order valence-corrected chi connectivity index (χ4v) is 1.52. The first-order valence-corrected chi connectivity index (χ1v) is 10.5. The van der Waals surface area contributed by atoms with Crippen molar-refractivity contribution in [1.29, 1.82) is 0 Å². The van der Waals surface area contributed by atoms with Crippen molar-refractivity contribution < 1.29 is 40.9 Å². The minimum Gasteiger partial charge on any atom is -0.675 e. The molecule has 0 fully saturated rings. The molecular formula is C22H45N2O4W-. The van der Waals surface area contributed by atoms with E-state index in [4.69, 9.17) is 10.8 Å². The van der Waals surface area contributed by atoms with Crippen LogP contribution in [0.1, 0.15) is 81.1 Å². The second-order valence-corrected chi connectivity index (χ2v) is 5.68. The number of β-amino-alcohol motifs (C(OH)–C–C–N with tert-alkyl or cyclic N) is 1. The second-order valence-electron chi connectivity index (χ2n) is 5.68. The number of imide groups is 1. The Labute approximate surface area is 193 Å². The molecule has 174 valence electrons. The fraction of sp³-hybridized carbons (Fsp3) is 0.727. The van der Waals surface area contributed by atoms with Gasteiger partial charge in [0.1, 0.15) is 0 Å². The molecule has 1 atom stereocenters. The van der Waals surface area contributed by atoms with E-state index >= 15 is 0 Å². The van der Waals surface area contributed by atoms with Crippen LogP contribution in [-0.2, 0) is 30.7 Å². The molecule has 0 aromatic carbocycles. The van der Waals surface area contributed by atoms with Crippen LogP contribution in [0, 0.1) is 0 Å². The van der Waals surface area contributed by atoms with Gasteiger partial charge in [0.15, 0.2) is 0 Å². The Morgan fingerprint density at radius 2 is 1.45 bits per heavy atom. The van der Waals surface area contributed by atoms with E-state index in [2.05, 4.69) is 32.9 Å². The maximum Gasteiger partial charge on any atom is 0.253 e. The Hall–Kier alpha value is -0.812. The number of nitrogens with zero attached hydrogens (tertiary/aromatic N) is 1. The van der Waals surface area contributed by atoms with Crippen LogP contribution in [0.4, 0.5) is 0 Å². The number of aliphatic hydroxyl groups excluding tert-OH is 1. The molecule has 0 spiro atoms. The number of rotatable bonds is 7. The van der Waals surface area contributed by atoms with Gasteiger partial charge < -0.3 is 15.9 Å². The van der Waals surface area contributed by atoms with Crippen molar-refractivity contribution in [3.63, 3.8) is 0 Å². The topological polar surface area (TPSA) is 102 Å². The van der Waals surface area contributed by atoms with Crippen molar-refractivity contribution in [2.75, 3.05) is 19.7 Å². The van der Waals surface area contributed by atoms with Gasteiger partial charge in [0.05, 0.1) is 13.2 Å². The zero-order valence-corrected chi connectivity index (χ0v) is 22.8. The van der Waals surface area contributed by atoms with Gasteiger partial charge in [0, 0.05) is 38.8 Å². The van der Waals surface area contributed by atoms with E-state index in [1.807, 2.05) is 27.7 Å². The van der Waals surface area contributed by atoms with Crippen molar-refractivity contribution >= 4 is 11.8 Å². The molecule has 0 aromatic heterocycles. The van der Waals surface area contributed by atoms with E-state index in [0.717, 1.165) is 17.7 Å². The van der Waals surface area contributed by atoms with Crippen LogP contribution < -0.4 is 0 Å². The Kier molecular flexibility index (Phi) is 39.3. The Bertz CT molecular complexity index is 394. The number of hydrogen-bond acceptors (Lipinski definition) is 4. The van der Waals surface area contributed by atoms with Crippen LogP contribution in [0.2, 0.25) is 0 Å². The maximum absolute atomic E-state index is 10.7. The molecule has 0 radical (unpaired) electrons. The van der Waals surface area contributed by atoms with Gasteiger partial charge >= 0.3 is 0 Å². The summed E-state index contributed by atoms with van der Waals surface area (Å²) in [6.07, 6.45) is 10.4. The molecule has 1 rings (SSSR count). The summed E-state index contributed by atoms with van der Waals surface area (Å²) in [4.78, 5) is 22.3. The summed E-state index contributed by atoms with van der Waals surface area (Å²) in [7, 11) is 0. The van der Waals surface area contributed by atoms with E-state index in [1.165, 1.54) is 18.6 Å². The number of carbonyl (C=O) groups is 2. The number of nitrogens with one attached hydrogen (secondary N) is 1. The van der Waals surface area contributed by atoms with Crippen molar-refractivity contribution in [3.05, 3.63) is 30.0 Å². The largest absolute Gasteiger partial charge is 0.675 e. The molecule has 7 heteroatoms. The molecule has 2 amide bonds. The number of hydrogen-bond donors (Lipinski definition) is 2. The molecule has 29 heavy (non-hydrogen) atoms. The SMILES string of the molecule is CC.CC.CC/C=C/CCC(C)(O)C[NH-].CCC.O=C1C=CC(=O)N1CCO.[W]. The van der Waals surface area contributed by atoms with Gasteiger partial charge in [-0.3, -0.25) is 14.5 Å². The van der Waals surface area contributed by atoms with Crippen molar-refractivity contribution in [3.8, 4) is 0 Å². The average Bonchev–Trinajstić information content (AvgIpc) is 3.02. The third kappa shape index (κ3) is 27.2. The van der Waals surface area contributed by atoms with E-state index in [1.54, 1.807) is 6.92 Å². The molecule has 0 aromatic rings. The first-order chi connectivity index (χ1) is 13.3. The predicted molar refractivity (Wildman–Crippen MR) is 120 cm³/mol. The van der Waals surface area contributed by atoms with Gasteiger partial charge in [0.25, 0.3) is 11.8 Å². The van der Waals surface area contributed by atoms with E-state index in [9.17, 15) is 14.7 Å². The number of amides is 2. The minimum absolute atomic E-state index is 0. The standard InChI is InChI=1S/C9H18NO.C6H7NO3.C3H8.2C2H6.W/c1-3-4-5-6-7-9(2,11)8-10;8-4-3-7-5(9)1-2-6(7)10;1-3-2;2*1-2;/h4-5,10-11H,3,6-8H2,1-2H3;1-2,8H,3-4H2;3H2,1-2H3;2*1-2H3;/q-1;;;;;/b5-4+;;;;;. The van der Waals surface area contributed by atoms with Crippen LogP contribution in [-0.4, -0.2) is 52.2 Å². The van der Waals surface area contributed by atoms with Gasteiger partial charge in [-0.05, 0) is 26.2 Å². The van der Waals surface area contributed by atoms with Gasteiger partial charge in [-0.15, -0.1) is 6.54 Å². The third-order valence-electron chi connectivity index (χ3n) is 2.86. The van der Waals surface area contributed by atoms with Gasteiger partial charge in [-0.1, -0.05) is 67.0 Å². The normalized spacial score (nSPS) is 13.4. The first-order valence-electron chi connectivity index (χ1n) is 10.5. The van der Waals surface area contributed by atoms with Crippen molar-refractivity contribution in [2.45, 2.75) is 86.7 Å². The Morgan fingerprint density at radius 1 is 1.03 bits per heavy atom.